The quantitative estimate of drug-likeness (QED) is 0.194. The molecule has 158 valence electrons. The van der Waals surface area contributed by atoms with Gasteiger partial charge in [-0.3, -0.25) is 9.79 Å². The monoisotopic (exact) mass is 566 g/mol. The first-order valence-electron chi connectivity index (χ1n) is 9.62. The molecule has 0 aliphatic heterocycles. The van der Waals surface area contributed by atoms with Gasteiger partial charge in [0.05, 0.1) is 13.2 Å². The average Bonchev–Trinajstić information content (AvgIpc) is 3.44. The second-order valence-electron chi connectivity index (χ2n) is 6.93. The molecule has 0 heterocycles. The number of aryl methyl sites for hydroxylation is 1. The van der Waals surface area contributed by atoms with Gasteiger partial charge >= 0.3 is 0 Å². The van der Waals surface area contributed by atoms with Gasteiger partial charge in [-0.15, -0.1) is 24.0 Å². The van der Waals surface area contributed by atoms with Gasteiger partial charge in [-0.25, -0.2) is 0 Å². The molecule has 0 aromatic heterocycles. The Bertz CT molecular complexity index is 653. The van der Waals surface area contributed by atoms with E-state index in [1.165, 1.54) is 12.8 Å². The first-order chi connectivity index (χ1) is 13.0. The van der Waals surface area contributed by atoms with Gasteiger partial charge in [0.15, 0.2) is 5.96 Å². The molecule has 1 aromatic rings. The topological polar surface area (TPSA) is 66.0 Å². The van der Waals surface area contributed by atoms with Crippen LogP contribution in [0, 0.1) is 12.8 Å². The second kappa shape index (κ2) is 13.4. The number of hydrogen-bond donors (Lipinski definition) is 2. The van der Waals surface area contributed by atoms with Gasteiger partial charge in [-0.1, -0.05) is 15.9 Å². The van der Waals surface area contributed by atoms with Gasteiger partial charge in [-0.2, -0.15) is 0 Å². The molecular weight excluding hydrogens is 535 g/mol. The zero-order chi connectivity index (χ0) is 19.6. The smallest absolute Gasteiger partial charge is 0.226 e. The molecule has 1 amide bonds. The summed E-state index contributed by atoms with van der Waals surface area (Å²) in [6, 6.07) is 5.81. The van der Waals surface area contributed by atoms with Gasteiger partial charge < -0.3 is 20.3 Å². The summed E-state index contributed by atoms with van der Waals surface area (Å²) in [5.41, 5.74) is 1.87. The van der Waals surface area contributed by atoms with Crippen molar-refractivity contribution in [1.82, 2.24) is 10.2 Å². The van der Waals surface area contributed by atoms with Crippen LogP contribution in [-0.4, -0.2) is 56.7 Å². The normalized spacial score (nSPS) is 13.6. The Morgan fingerprint density at radius 3 is 2.79 bits per heavy atom. The second-order valence-corrected chi connectivity index (χ2v) is 7.85. The summed E-state index contributed by atoms with van der Waals surface area (Å²) in [4.78, 5) is 18.8. The molecule has 6 nitrogen and oxygen atoms in total. The van der Waals surface area contributed by atoms with Gasteiger partial charge in [-0.05, 0) is 56.4 Å². The minimum Gasteiger partial charge on any atom is -0.379 e. The number of rotatable bonds is 10. The lowest BCUT2D eigenvalue weighted by Crippen LogP contribution is -2.40. The molecule has 0 spiro atoms. The SMILES string of the molecule is CCNC(=NCCC(=O)Nc1ccc(Br)cc1C)N(C)CCOCC1CC1.I. The van der Waals surface area contributed by atoms with Crippen LogP contribution in [0.2, 0.25) is 0 Å². The standard InChI is InChI=1S/C20H31BrN4O2.HI/c1-4-22-20(25(3)11-12-27-14-16-5-6-16)23-10-9-19(26)24-18-8-7-17(21)13-15(18)2;/h7-8,13,16H,4-6,9-12,14H2,1-3H3,(H,22,23)(H,24,26);1H. The number of amides is 1. The number of anilines is 1. The lowest BCUT2D eigenvalue weighted by Gasteiger charge is -2.22. The molecule has 28 heavy (non-hydrogen) atoms. The van der Waals surface area contributed by atoms with Crippen molar-refractivity contribution in [3.63, 3.8) is 0 Å². The number of guanidine groups is 1. The summed E-state index contributed by atoms with van der Waals surface area (Å²) in [5.74, 6) is 1.56. The first kappa shape index (κ1) is 25.2. The fourth-order valence-corrected chi connectivity index (χ4v) is 3.03. The first-order valence-corrected chi connectivity index (χ1v) is 10.4. The van der Waals surface area contributed by atoms with E-state index in [9.17, 15) is 4.79 Å². The Labute approximate surface area is 194 Å². The minimum atomic E-state index is -0.0320. The molecule has 0 atom stereocenters. The summed E-state index contributed by atoms with van der Waals surface area (Å²) in [5, 5.41) is 6.21. The number of carbonyl (C=O) groups is 1. The number of aliphatic imine (C=N–C) groups is 1. The zero-order valence-electron chi connectivity index (χ0n) is 17.0. The molecule has 1 aromatic carbocycles. The average molecular weight is 567 g/mol. The van der Waals surface area contributed by atoms with Crippen LogP contribution in [0.5, 0.6) is 0 Å². The molecule has 0 unspecified atom stereocenters. The van der Waals surface area contributed by atoms with E-state index in [0.29, 0.717) is 19.6 Å². The molecule has 1 saturated carbocycles. The van der Waals surface area contributed by atoms with Crippen molar-refractivity contribution >= 4 is 57.5 Å². The van der Waals surface area contributed by atoms with Crippen molar-refractivity contribution in [1.29, 1.82) is 0 Å². The number of hydrogen-bond acceptors (Lipinski definition) is 3. The van der Waals surface area contributed by atoms with Crippen molar-refractivity contribution in [3.8, 4) is 0 Å². The van der Waals surface area contributed by atoms with E-state index in [0.717, 1.165) is 47.3 Å². The van der Waals surface area contributed by atoms with Crippen LogP contribution in [0.1, 0.15) is 31.7 Å². The maximum atomic E-state index is 12.2. The van der Waals surface area contributed by atoms with Gasteiger partial charge in [0, 0.05) is 43.3 Å². The Morgan fingerprint density at radius 1 is 1.39 bits per heavy atom. The van der Waals surface area contributed by atoms with Crippen LogP contribution in [-0.2, 0) is 9.53 Å². The Balaban J connectivity index is 0.00000392. The molecule has 0 saturated heterocycles. The molecule has 0 radical (unpaired) electrons. The Morgan fingerprint density at radius 2 is 2.14 bits per heavy atom. The van der Waals surface area contributed by atoms with E-state index in [2.05, 4.69) is 31.6 Å². The highest BCUT2D eigenvalue weighted by molar-refractivity contribution is 14.0. The van der Waals surface area contributed by atoms with Crippen molar-refractivity contribution in [2.24, 2.45) is 10.9 Å². The van der Waals surface area contributed by atoms with Gasteiger partial charge in [0.1, 0.15) is 0 Å². The maximum Gasteiger partial charge on any atom is 0.226 e. The third-order valence-electron chi connectivity index (χ3n) is 4.38. The lowest BCUT2D eigenvalue weighted by atomic mass is 10.2. The molecule has 1 aliphatic carbocycles. The van der Waals surface area contributed by atoms with Crippen LogP contribution in [0.3, 0.4) is 0 Å². The highest BCUT2D eigenvalue weighted by atomic mass is 127. The third-order valence-corrected chi connectivity index (χ3v) is 4.87. The van der Waals surface area contributed by atoms with Crippen LogP contribution in [0.25, 0.3) is 0 Å². The minimum absolute atomic E-state index is 0. The fourth-order valence-electron chi connectivity index (χ4n) is 2.55. The van der Waals surface area contributed by atoms with Crippen LogP contribution in [0.4, 0.5) is 5.69 Å². The highest BCUT2D eigenvalue weighted by Crippen LogP contribution is 2.28. The van der Waals surface area contributed by atoms with Gasteiger partial charge in [0.25, 0.3) is 0 Å². The van der Waals surface area contributed by atoms with E-state index in [1.54, 1.807) is 0 Å². The Kier molecular flexibility index (Phi) is 12.0. The van der Waals surface area contributed by atoms with Crippen LogP contribution < -0.4 is 10.6 Å². The summed E-state index contributed by atoms with van der Waals surface area (Å²) >= 11 is 3.43. The Hall–Kier alpha value is -0.870. The number of ether oxygens (including phenoxy) is 1. The molecular formula is C20H32BrIN4O2. The third kappa shape index (κ3) is 9.56. The fraction of sp³-hybridized carbons (Fsp3) is 0.600. The number of nitrogens with zero attached hydrogens (tertiary/aromatic N) is 2. The number of benzene rings is 1. The number of likely N-dealkylation sites (N-methyl/N-ethyl adjacent to an activating group) is 1. The number of carbonyl (C=O) groups excluding carboxylic acids is 1. The molecule has 8 heteroatoms. The van der Waals surface area contributed by atoms with E-state index < -0.39 is 0 Å². The van der Waals surface area contributed by atoms with E-state index in [1.807, 2.05) is 44.0 Å². The molecule has 1 fully saturated rings. The van der Waals surface area contributed by atoms with Crippen molar-refractivity contribution in [2.75, 3.05) is 45.2 Å². The number of nitrogens with one attached hydrogen (secondary N) is 2. The van der Waals surface area contributed by atoms with E-state index in [4.69, 9.17) is 4.74 Å². The lowest BCUT2D eigenvalue weighted by molar-refractivity contribution is -0.116. The highest BCUT2D eigenvalue weighted by Gasteiger charge is 2.21. The summed E-state index contributed by atoms with van der Waals surface area (Å²) in [6.07, 6.45) is 2.96. The summed E-state index contributed by atoms with van der Waals surface area (Å²) in [6.45, 7) is 7.59. The van der Waals surface area contributed by atoms with Crippen LogP contribution >= 0.6 is 39.9 Å². The van der Waals surface area contributed by atoms with E-state index in [-0.39, 0.29) is 29.9 Å². The maximum absolute atomic E-state index is 12.2. The predicted molar refractivity (Wildman–Crippen MR) is 130 cm³/mol. The molecule has 1 aliphatic rings. The van der Waals surface area contributed by atoms with Crippen molar-refractivity contribution in [2.45, 2.75) is 33.1 Å². The summed E-state index contributed by atoms with van der Waals surface area (Å²) in [7, 11) is 1.99. The molecule has 2 rings (SSSR count). The van der Waals surface area contributed by atoms with Crippen LogP contribution in [0.15, 0.2) is 27.7 Å². The number of halogens is 2. The van der Waals surface area contributed by atoms with Crippen molar-refractivity contribution in [3.05, 3.63) is 28.2 Å². The molecule has 2 N–H and O–H groups in total. The largest absolute Gasteiger partial charge is 0.379 e. The predicted octanol–water partition coefficient (Wildman–Crippen LogP) is 4.03. The molecule has 0 bridgehead atoms. The van der Waals surface area contributed by atoms with E-state index >= 15 is 0 Å². The zero-order valence-corrected chi connectivity index (χ0v) is 20.9. The van der Waals surface area contributed by atoms with Gasteiger partial charge in [0.2, 0.25) is 5.91 Å². The summed E-state index contributed by atoms with van der Waals surface area (Å²) < 4.78 is 6.70. The van der Waals surface area contributed by atoms with Crippen molar-refractivity contribution < 1.29 is 9.53 Å².